The summed E-state index contributed by atoms with van der Waals surface area (Å²) in [5.41, 5.74) is 0. The number of thiol groups is 2. The molecule has 0 saturated carbocycles. The molecule has 0 saturated heterocycles. The van der Waals surface area contributed by atoms with Crippen molar-refractivity contribution in [3.05, 3.63) is 0 Å². The molecule has 0 aromatic heterocycles. The van der Waals surface area contributed by atoms with Gasteiger partial charge in [-0.05, 0) is 0 Å². The van der Waals surface area contributed by atoms with E-state index in [1.54, 1.807) is 0 Å². The van der Waals surface area contributed by atoms with Crippen LogP contribution in [0.2, 0.25) is 9.88 Å². The van der Waals surface area contributed by atoms with Gasteiger partial charge >= 0.3 is 299 Å². The SMILES string of the molecule is CCCCCCCCC(S)(CCCCCCCC)C(=O)[O][Sn]([CH3])([CH3])[O]C(=O)C(S)(CCCCCCCC)CCCCCCCC. The third kappa shape index (κ3) is 23.4. The van der Waals surface area contributed by atoms with Gasteiger partial charge in [0.25, 0.3) is 0 Å². The van der Waals surface area contributed by atoms with Crippen LogP contribution < -0.4 is 0 Å². The van der Waals surface area contributed by atoms with Gasteiger partial charge in [0.05, 0.1) is 0 Å². The Morgan fingerprint density at radius 2 is 0.622 bits per heavy atom. The standard InChI is InChI=1S/2C18H36O2S.2CH3.Sn/c2*1-3-5-7-9-11-13-15-18(21,17(19)20)16-14-12-10-8-6-4-2;;;/h2*21H,3-16H2,1-2H3,(H,19,20);2*1H3;/q;;;;+2/p-2. The van der Waals surface area contributed by atoms with Gasteiger partial charge in [-0.2, -0.15) is 0 Å². The molecule has 0 heterocycles. The fourth-order valence-corrected chi connectivity index (χ4v) is 11.1. The third-order valence-corrected chi connectivity index (χ3v) is 14.3. The molecule has 0 radical (unpaired) electrons. The van der Waals surface area contributed by atoms with Crippen molar-refractivity contribution in [2.75, 3.05) is 0 Å². The van der Waals surface area contributed by atoms with Gasteiger partial charge in [-0.15, -0.1) is 0 Å². The van der Waals surface area contributed by atoms with Crippen LogP contribution in [0.4, 0.5) is 0 Å². The monoisotopic (exact) mass is 780 g/mol. The Balaban J connectivity index is 5.38. The molecule has 0 rings (SSSR count). The van der Waals surface area contributed by atoms with E-state index >= 15 is 0 Å². The first-order valence-electron chi connectivity index (χ1n) is 19.4. The Hall–Kier alpha value is 0.439. The second-order valence-corrected chi connectivity index (χ2v) is 25.2. The van der Waals surface area contributed by atoms with Crippen LogP contribution in [-0.4, -0.2) is 40.6 Å². The molecule has 45 heavy (non-hydrogen) atoms. The van der Waals surface area contributed by atoms with Crippen molar-refractivity contribution in [2.24, 2.45) is 0 Å². The van der Waals surface area contributed by atoms with Gasteiger partial charge in [-0.25, -0.2) is 0 Å². The van der Waals surface area contributed by atoms with Crippen molar-refractivity contribution in [3.63, 3.8) is 0 Å². The molecule has 0 aliphatic rings. The Bertz CT molecular complexity index is 641. The molecule has 0 amide bonds. The molecule has 0 atom stereocenters. The van der Waals surface area contributed by atoms with Crippen LogP contribution in [0.1, 0.15) is 207 Å². The van der Waals surface area contributed by atoms with E-state index in [4.69, 9.17) is 31.4 Å². The van der Waals surface area contributed by atoms with Gasteiger partial charge in [-0.1, -0.05) is 0 Å². The summed E-state index contributed by atoms with van der Waals surface area (Å²) in [6.07, 6.45) is 31.1. The molecular weight excluding hydrogens is 703 g/mol. The van der Waals surface area contributed by atoms with E-state index < -0.39 is 28.7 Å². The Kier molecular flexibility index (Phi) is 28.6. The van der Waals surface area contributed by atoms with Crippen LogP contribution in [-0.2, 0) is 15.7 Å². The zero-order valence-electron chi connectivity index (χ0n) is 30.8. The van der Waals surface area contributed by atoms with Gasteiger partial charge in [0.15, 0.2) is 0 Å². The topological polar surface area (TPSA) is 52.6 Å². The first-order chi connectivity index (χ1) is 21.5. The van der Waals surface area contributed by atoms with E-state index in [2.05, 4.69) is 27.7 Å². The second kappa shape index (κ2) is 28.3. The predicted octanol–water partition coefficient (Wildman–Crippen LogP) is 13.1. The summed E-state index contributed by atoms with van der Waals surface area (Å²) in [5.74, 6) is -0.531. The fourth-order valence-electron chi connectivity index (χ4n) is 6.11. The molecule has 0 aliphatic carbocycles. The Morgan fingerprint density at radius 3 is 0.844 bits per heavy atom. The first-order valence-corrected chi connectivity index (χ1v) is 28.3. The number of carbonyl (C=O) groups excluding carboxylic acids is 2. The Labute approximate surface area is 297 Å². The third-order valence-electron chi connectivity index (χ3n) is 9.21. The van der Waals surface area contributed by atoms with Crippen LogP contribution in [0.5, 0.6) is 0 Å². The summed E-state index contributed by atoms with van der Waals surface area (Å²) in [7, 11) is 0. The predicted molar refractivity (Wildman–Crippen MR) is 205 cm³/mol. The molecule has 0 unspecified atom stereocenters. The number of carbonyl (C=O) groups is 2. The maximum absolute atomic E-state index is 13.8. The summed E-state index contributed by atoms with van der Waals surface area (Å²) in [6, 6.07) is 0. The van der Waals surface area contributed by atoms with Crippen LogP contribution in [0, 0.1) is 0 Å². The number of hydrogen-bond donors (Lipinski definition) is 2. The molecule has 0 fully saturated rings. The minimum atomic E-state index is -3.99. The molecule has 0 aromatic carbocycles. The molecule has 0 N–H and O–H groups in total. The molecule has 0 aromatic rings. The van der Waals surface area contributed by atoms with Crippen molar-refractivity contribution in [1.29, 1.82) is 0 Å². The summed E-state index contributed by atoms with van der Waals surface area (Å²) in [5, 5.41) is 0. The fraction of sp³-hybridized carbons (Fsp3) is 0.947. The van der Waals surface area contributed by atoms with Gasteiger partial charge in [0.2, 0.25) is 0 Å². The van der Waals surface area contributed by atoms with Gasteiger partial charge in [0.1, 0.15) is 0 Å². The van der Waals surface area contributed by atoms with Crippen LogP contribution in [0.3, 0.4) is 0 Å². The van der Waals surface area contributed by atoms with E-state index in [1.165, 1.54) is 103 Å². The minimum absolute atomic E-state index is 0.266. The maximum atomic E-state index is 13.8. The van der Waals surface area contributed by atoms with Crippen molar-refractivity contribution >= 4 is 56.4 Å². The first kappa shape index (κ1) is 45.4. The average Bonchev–Trinajstić information content (AvgIpc) is 2.99. The number of rotatable bonds is 32. The summed E-state index contributed by atoms with van der Waals surface area (Å²) in [6.45, 7) is 8.93. The molecule has 0 spiro atoms. The van der Waals surface area contributed by atoms with Crippen molar-refractivity contribution in [3.8, 4) is 0 Å². The molecule has 7 heteroatoms. The van der Waals surface area contributed by atoms with Crippen molar-refractivity contribution in [1.82, 2.24) is 0 Å². The van der Waals surface area contributed by atoms with E-state index in [9.17, 15) is 9.59 Å². The summed E-state index contributed by atoms with van der Waals surface area (Å²) < 4.78 is 10.8. The Morgan fingerprint density at radius 1 is 0.422 bits per heavy atom. The number of unbranched alkanes of at least 4 members (excludes halogenated alkanes) is 20. The molecule has 268 valence electrons. The van der Waals surface area contributed by atoms with Gasteiger partial charge in [-0.3, -0.25) is 0 Å². The van der Waals surface area contributed by atoms with Crippen molar-refractivity contribution in [2.45, 2.75) is 227 Å². The van der Waals surface area contributed by atoms with Crippen molar-refractivity contribution < 1.29 is 15.7 Å². The second-order valence-electron chi connectivity index (χ2n) is 14.3. The molecule has 0 bridgehead atoms. The van der Waals surface area contributed by atoms with Gasteiger partial charge < -0.3 is 0 Å². The molecule has 4 nitrogen and oxygen atoms in total. The molecular formula is C38H76O4S2Sn. The quantitative estimate of drug-likeness (QED) is 0.0406. The van der Waals surface area contributed by atoms with E-state index in [1.807, 2.05) is 9.88 Å². The van der Waals surface area contributed by atoms with E-state index in [-0.39, 0.29) is 11.9 Å². The average molecular weight is 780 g/mol. The zero-order valence-corrected chi connectivity index (χ0v) is 35.5. The summed E-state index contributed by atoms with van der Waals surface area (Å²) >= 11 is 6.06. The molecule has 0 aliphatic heterocycles. The van der Waals surface area contributed by atoms with Crippen LogP contribution in [0.15, 0.2) is 0 Å². The number of hydrogen-bond acceptors (Lipinski definition) is 6. The summed E-state index contributed by atoms with van der Waals surface area (Å²) in [4.78, 5) is 31.4. The van der Waals surface area contributed by atoms with Crippen LogP contribution >= 0.6 is 25.3 Å². The zero-order chi connectivity index (χ0) is 33.9. The normalized spacial score (nSPS) is 12.4. The van der Waals surface area contributed by atoms with E-state index in [0.29, 0.717) is 0 Å². The van der Waals surface area contributed by atoms with Crippen LogP contribution in [0.25, 0.3) is 0 Å². The van der Waals surface area contributed by atoms with Gasteiger partial charge in [0, 0.05) is 0 Å². The van der Waals surface area contributed by atoms with E-state index in [0.717, 1.165) is 77.0 Å².